The van der Waals surface area contributed by atoms with Gasteiger partial charge in [-0.2, -0.15) is 0 Å². The standard InChI is InChI=1S/C9H11F2NS/c1-12(2)6-4-7(10)9(13-3)8(11)5-6/h4-5H,1-3H3. The Bertz CT molecular complexity index is 289. The highest BCUT2D eigenvalue weighted by Crippen LogP contribution is 2.27. The molecule has 72 valence electrons. The molecule has 0 spiro atoms. The molecule has 0 amide bonds. The average molecular weight is 203 g/mol. The van der Waals surface area contributed by atoms with Crippen LogP contribution in [0.5, 0.6) is 0 Å². The minimum Gasteiger partial charge on any atom is -0.377 e. The molecule has 0 saturated heterocycles. The predicted molar refractivity (Wildman–Crippen MR) is 52.5 cm³/mol. The van der Waals surface area contributed by atoms with Gasteiger partial charge in [0.25, 0.3) is 0 Å². The van der Waals surface area contributed by atoms with Gasteiger partial charge in [-0.1, -0.05) is 0 Å². The van der Waals surface area contributed by atoms with Crippen LogP contribution < -0.4 is 4.90 Å². The van der Waals surface area contributed by atoms with Crippen molar-refractivity contribution in [2.45, 2.75) is 4.90 Å². The van der Waals surface area contributed by atoms with Crippen molar-refractivity contribution in [2.75, 3.05) is 25.3 Å². The van der Waals surface area contributed by atoms with Crippen molar-refractivity contribution in [1.82, 2.24) is 0 Å². The minimum atomic E-state index is -0.504. The molecule has 0 radical (unpaired) electrons. The topological polar surface area (TPSA) is 3.24 Å². The zero-order valence-electron chi connectivity index (χ0n) is 7.77. The van der Waals surface area contributed by atoms with Crippen LogP contribution in [0.25, 0.3) is 0 Å². The lowest BCUT2D eigenvalue weighted by atomic mass is 10.3. The molecule has 0 aliphatic heterocycles. The molecule has 0 aliphatic carbocycles. The summed E-state index contributed by atoms with van der Waals surface area (Å²) in [7, 11) is 3.49. The van der Waals surface area contributed by atoms with Crippen molar-refractivity contribution in [2.24, 2.45) is 0 Å². The van der Waals surface area contributed by atoms with Crippen LogP contribution in [0.1, 0.15) is 0 Å². The SMILES string of the molecule is CSc1c(F)cc(N(C)C)cc1F. The molecule has 0 aromatic heterocycles. The lowest BCUT2D eigenvalue weighted by Gasteiger charge is -2.13. The number of nitrogens with zero attached hydrogens (tertiary/aromatic N) is 1. The summed E-state index contributed by atoms with van der Waals surface area (Å²) in [5, 5.41) is 0. The van der Waals surface area contributed by atoms with Crippen LogP contribution >= 0.6 is 11.8 Å². The Kier molecular flexibility index (Phi) is 3.14. The van der Waals surface area contributed by atoms with Crippen LogP contribution in [0.2, 0.25) is 0 Å². The first-order valence-corrected chi connectivity index (χ1v) is 4.99. The molecule has 1 rings (SSSR count). The number of halogens is 2. The molecule has 0 saturated carbocycles. The van der Waals surface area contributed by atoms with Gasteiger partial charge in [-0.3, -0.25) is 0 Å². The molecule has 0 bridgehead atoms. The molecule has 0 fully saturated rings. The van der Waals surface area contributed by atoms with Crippen LogP contribution in [-0.4, -0.2) is 20.4 Å². The highest BCUT2D eigenvalue weighted by molar-refractivity contribution is 7.98. The third-order valence-electron chi connectivity index (χ3n) is 1.70. The molecule has 0 heterocycles. The van der Waals surface area contributed by atoms with Crippen molar-refractivity contribution >= 4 is 17.4 Å². The molecular weight excluding hydrogens is 192 g/mol. The zero-order valence-corrected chi connectivity index (χ0v) is 8.58. The Labute approximate surface area is 80.7 Å². The second-order valence-corrected chi connectivity index (χ2v) is 3.65. The Morgan fingerprint density at radius 3 is 1.92 bits per heavy atom. The average Bonchev–Trinajstić information content (AvgIpc) is 2.03. The second kappa shape index (κ2) is 3.96. The van der Waals surface area contributed by atoms with Gasteiger partial charge in [0.1, 0.15) is 11.6 Å². The van der Waals surface area contributed by atoms with Crippen molar-refractivity contribution in [3.05, 3.63) is 23.8 Å². The van der Waals surface area contributed by atoms with Gasteiger partial charge >= 0.3 is 0 Å². The fourth-order valence-electron chi connectivity index (χ4n) is 1.000. The van der Waals surface area contributed by atoms with E-state index in [4.69, 9.17) is 0 Å². The lowest BCUT2D eigenvalue weighted by Crippen LogP contribution is -2.09. The van der Waals surface area contributed by atoms with Gasteiger partial charge in [0.05, 0.1) is 4.90 Å². The summed E-state index contributed by atoms with van der Waals surface area (Å²) in [5.41, 5.74) is 0.535. The van der Waals surface area contributed by atoms with E-state index in [1.165, 1.54) is 12.1 Å². The summed E-state index contributed by atoms with van der Waals surface area (Å²) >= 11 is 1.07. The van der Waals surface area contributed by atoms with E-state index in [9.17, 15) is 8.78 Å². The van der Waals surface area contributed by atoms with Crippen molar-refractivity contribution in [3.8, 4) is 0 Å². The number of benzene rings is 1. The predicted octanol–water partition coefficient (Wildman–Crippen LogP) is 2.75. The van der Waals surface area contributed by atoms with Crippen LogP contribution in [0.4, 0.5) is 14.5 Å². The fourth-order valence-corrected chi connectivity index (χ4v) is 1.51. The second-order valence-electron chi connectivity index (χ2n) is 2.84. The molecule has 0 N–H and O–H groups in total. The van der Waals surface area contributed by atoms with Gasteiger partial charge in [0.15, 0.2) is 0 Å². The maximum absolute atomic E-state index is 13.2. The van der Waals surface area contributed by atoms with E-state index in [2.05, 4.69) is 0 Å². The van der Waals surface area contributed by atoms with Gasteiger partial charge in [-0.15, -0.1) is 11.8 Å². The number of hydrogen-bond acceptors (Lipinski definition) is 2. The Balaban J connectivity index is 3.20. The summed E-state index contributed by atoms with van der Waals surface area (Å²) in [6.07, 6.45) is 1.65. The third kappa shape index (κ3) is 2.12. The lowest BCUT2D eigenvalue weighted by molar-refractivity contribution is 0.541. The van der Waals surface area contributed by atoms with E-state index in [-0.39, 0.29) is 4.90 Å². The minimum absolute atomic E-state index is 0.0746. The maximum atomic E-state index is 13.2. The van der Waals surface area contributed by atoms with Crippen LogP contribution in [0, 0.1) is 11.6 Å². The highest BCUT2D eigenvalue weighted by atomic mass is 32.2. The van der Waals surface area contributed by atoms with Crippen LogP contribution in [0.3, 0.4) is 0 Å². The van der Waals surface area contributed by atoms with Gasteiger partial charge in [-0.25, -0.2) is 8.78 Å². The van der Waals surface area contributed by atoms with Crippen LogP contribution in [-0.2, 0) is 0 Å². The smallest absolute Gasteiger partial charge is 0.141 e. The quantitative estimate of drug-likeness (QED) is 0.680. The molecule has 0 aliphatic rings. The van der Waals surface area contributed by atoms with Crippen molar-refractivity contribution in [3.63, 3.8) is 0 Å². The van der Waals surface area contributed by atoms with E-state index in [0.29, 0.717) is 5.69 Å². The van der Waals surface area contributed by atoms with Gasteiger partial charge < -0.3 is 4.90 Å². The van der Waals surface area contributed by atoms with E-state index >= 15 is 0 Å². The van der Waals surface area contributed by atoms with E-state index in [0.717, 1.165) is 11.8 Å². The van der Waals surface area contributed by atoms with E-state index in [1.54, 1.807) is 25.3 Å². The number of thioether (sulfide) groups is 1. The van der Waals surface area contributed by atoms with Crippen molar-refractivity contribution < 1.29 is 8.78 Å². The summed E-state index contributed by atoms with van der Waals surface area (Å²) in [5.74, 6) is -1.01. The normalized spacial score (nSPS) is 10.2. The Hall–Kier alpha value is -0.770. The first-order valence-electron chi connectivity index (χ1n) is 3.76. The first kappa shape index (κ1) is 10.3. The number of rotatable bonds is 2. The summed E-state index contributed by atoms with van der Waals surface area (Å²) in [6.45, 7) is 0. The summed E-state index contributed by atoms with van der Waals surface area (Å²) in [6, 6.07) is 2.66. The molecule has 4 heteroatoms. The maximum Gasteiger partial charge on any atom is 0.141 e. The molecule has 0 unspecified atom stereocenters. The summed E-state index contributed by atoms with van der Waals surface area (Å²) < 4.78 is 26.4. The molecule has 1 nitrogen and oxygen atoms in total. The van der Waals surface area contributed by atoms with Gasteiger partial charge in [0, 0.05) is 19.8 Å². The van der Waals surface area contributed by atoms with E-state index < -0.39 is 11.6 Å². The zero-order chi connectivity index (χ0) is 10.0. The van der Waals surface area contributed by atoms with Gasteiger partial charge in [-0.05, 0) is 18.4 Å². The van der Waals surface area contributed by atoms with Crippen molar-refractivity contribution in [1.29, 1.82) is 0 Å². The molecule has 1 aromatic rings. The number of hydrogen-bond donors (Lipinski definition) is 0. The molecule has 1 aromatic carbocycles. The first-order chi connectivity index (χ1) is 6.06. The largest absolute Gasteiger partial charge is 0.377 e. The third-order valence-corrected chi connectivity index (χ3v) is 2.50. The molecular formula is C9H11F2NS. The molecule has 13 heavy (non-hydrogen) atoms. The van der Waals surface area contributed by atoms with E-state index in [1.807, 2.05) is 0 Å². The fraction of sp³-hybridized carbons (Fsp3) is 0.333. The van der Waals surface area contributed by atoms with Crippen LogP contribution in [0.15, 0.2) is 17.0 Å². The Morgan fingerprint density at radius 2 is 1.62 bits per heavy atom. The highest BCUT2D eigenvalue weighted by Gasteiger charge is 2.10. The monoisotopic (exact) mass is 203 g/mol. The van der Waals surface area contributed by atoms with Gasteiger partial charge in [0.2, 0.25) is 0 Å². The number of anilines is 1. The molecule has 0 atom stereocenters. The Morgan fingerprint density at radius 1 is 1.15 bits per heavy atom. The summed E-state index contributed by atoms with van der Waals surface area (Å²) in [4.78, 5) is 1.74.